The number of hydrogen-bond acceptors (Lipinski definition) is 5. The molecule has 0 aliphatic rings. The lowest BCUT2D eigenvalue weighted by Gasteiger charge is -2.13. The molecule has 0 saturated heterocycles. The van der Waals surface area contributed by atoms with E-state index in [4.69, 9.17) is 27.9 Å². The summed E-state index contributed by atoms with van der Waals surface area (Å²) >= 11 is 13.5. The van der Waals surface area contributed by atoms with Gasteiger partial charge in [-0.2, -0.15) is 0 Å². The number of nitrogens with zero attached hydrogens (tertiary/aromatic N) is 2. The van der Waals surface area contributed by atoms with E-state index in [1.807, 2.05) is 31.2 Å². The standard InChI is InChI=1S/C19H13Cl2N3O2S/c1-10-5-12(16-9-27-19(25)24-16)11-3-2-4-17(18(11)23-10)26-8-13-14(20)6-22-7-15(13)21/h2-7,9H,8H2,1H3,(H,24,25). The minimum atomic E-state index is -0.0954. The number of halogens is 2. The summed E-state index contributed by atoms with van der Waals surface area (Å²) in [6.45, 7) is 2.10. The zero-order chi connectivity index (χ0) is 19.0. The van der Waals surface area contributed by atoms with Crippen LogP contribution >= 0.6 is 34.5 Å². The maximum Gasteiger partial charge on any atom is 0.304 e. The van der Waals surface area contributed by atoms with Crippen LogP contribution in [0.15, 0.2) is 46.8 Å². The first-order valence-electron chi connectivity index (χ1n) is 8.02. The van der Waals surface area contributed by atoms with Crippen LogP contribution in [0.5, 0.6) is 5.75 Å². The van der Waals surface area contributed by atoms with Crippen LogP contribution in [0.1, 0.15) is 11.3 Å². The summed E-state index contributed by atoms with van der Waals surface area (Å²) in [4.78, 5) is 22.9. The van der Waals surface area contributed by atoms with Gasteiger partial charge in [0, 0.05) is 40.0 Å². The van der Waals surface area contributed by atoms with Crippen LogP contribution in [0.25, 0.3) is 22.2 Å². The number of nitrogens with one attached hydrogen (secondary N) is 1. The maximum absolute atomic E-state index is 11.6. The van der Waals surface area contributed by atoms with Gasteiger partial charge in [0.05, 0.1) is 15.7 Å². The van der Waals surface area contributed by atoms with E-state index in [0.717, 1.165) is 33.7 Å². The largest absolute Gasteiger partial charge is 0.487 e. The number of rotatable bonds is 4. The number of para-hydroxylation sites is 1. The summed E-state index contributed by atoms with van der Waals surface area (Å²) in [5.74, 6) is 0.610. The lowest BCUT2D eigenvalue weighted by Crippen LogP contribution is -2.00. The van der Waals surface area contributed by atoms with Gasteiger partial charge in [-0.15, -0.1) is 0 Å². The third kappa shape index (κ3) is 3.56. The Morgan fingerprint density at radius 3 is 2.70 bits per heavy atom. The number of pyridine rings is 2. The molecule has 27 heavy (non-hydrogen) atoms. The second kappa shape index (κ2) is 7.31. The van der Waals surface area contributed by atoms with Crippen molar-refractivity contribution in [3.05, 3.63) is 73.0 Å². The second-order valence-electron chi connectivity index (χ2n) is 5.90. The number of fused-ring (bicyclic) bond motifs is 1. The van der Waals surface area contributed by atoms with Gasteiger partial charge in [-0.05, 0) is 19.1 Å². The van der Waals surface area contributed by atoms with Crippen molar-refractivity contribution in [1.29, 1.82) is 0 Å². The van der Waals surface area contributed by atoms with Gasteiger partial charge in [-0.25, -0.2) is 4.98 Å². The predicted octanol–water partition coefficient (Wildman–Crippen LogP) is 5.24. The Balaban J connectivity index is 1.78. The molecule has 0 bridgehead atoms. The molecule has 3 heterocycles. The Kier molecular flexibility index (Phi) is 4.86. The Morgan fingerprint density at radius 2 is 2.00 bits per heavy atom. The first kappa shape index (κ1) is 18.0. The van der Waals surface area contributed by atoms with Gasteiger partial charge in [0.2, 0.25) is 0 Å². The normalized spacial score (nSPS) is 11.1. The molecule has 3 aromatic heterocycles. The average Bonchev–Trinajstić information content (AvgIpc) is 3.07. The van der Waals surface area contributed by atoms with Gasteiger partial charge in [0.25, 0.3) is 0 Å². The zero-order valence-electron chi connectivity index (χ0n) is 14.1. The van der Waals surface area contributed by atoms with E-state index >= 15 is 0 Å². The minimum absolute atomic E-state index is 0.0954. The van der Waals surface area contributed by atoms with Crippen molar-refractivity contribution < 1.29 is 4.74 Å². The number of ether oxygens (including phenoxy) is 1. The SMILES string of the molecule is Cc1cc(-c2csc(=O)[nH]2)c2cccc(OCc3c(Cl)cncc3Cl)c2n1. The summed E-state index contributed by atoms with van der Waals surface area (Å²) < 4.78 is 5.99. The number of aryl methyl sites for hydroxylation is 1. The molecule has 4 aromatic rings. The number of benzene rings is 1. The molecule has 8 heteroatoms. The van der Waals surface area contributed by atoms with E-state index in [2.05, 4.69) is 15.0 Å². The van der Waals surface area contributed by atoms with Crippen LogP contribution in [0, 0.1) is 6.92 Å². The Bertz CT molecular complexity index is 1180. The molecule has 0 aliphatic carbocycles. The molecular weight excluding hydrogens is 405 g/mol. The zero-order valence-corrected chi connectivity index (χ0v) is 16.5. The molecule has 0 unspecified atom stereocenters. The summed E-state index contributed by atoms with van der Waals surface area (Å²) in [5, 5.41) is 3.59. The highest BCUT2D eigenvalue weighted by Gasteiger charge is 2.13. The Labute approximate surface area is 168 Å². The van der Waals surface area contributed by atoms with Crippen LogP contribution in [0.3, 0.4) is 0 Å². The summed E-state index contributed by atoms with van der Waals surface area (Å²) in [5.41, 5.74) is 3.86. The molecule has 1 aromatic carbocycles. The van der Waals surface area contributed by atoms with Crippen molar-refractivity contribution in [3.63, 3.8) is 0 Å². The minimum Gasteiger partial charge on any atom is -0.487 e. The lowest BCUT2D eigenvalue weighted by molar-refractivity contribution is 0.309. The molecule has 0 fully saturated rings. The monoisotopic (exact) mass is 417 g/mol. The lowest BCUT2D eigenvalue weighted by atomic mass is 10.1. The number of aromatic amines is 1. The van der Waals surface area contributed by atoms with Gasteiger partial charge >= 0.3 is 4.87 Å². The quantitative estimate of drug-likeness (QED) is 0.492. The Morgan fingerprint density at radius 1 is 1.22 bits per heavy atom. The third-order valence-electron chi connectivity index (χ3n) is 4.07. The van der Waals surface area contributed by atoms with E-state index in [1.165, 1.54) is 12.4 Å². The van der Waals surface area contributed by atoms with E-state index in [9.17, 15) is 4.79 Å². The van der Waals surface area contributed by atoms with Crippen molar-refractivity contribution in [3.8, 4) is 17.0 Å². The predicted molar refractivity (Wildman–Crippen MR) is 109 cm³/mol. The van der Waals surface area contributed by atoms with Gasteiger partial charge in [-0.1, -0.05) is 46.7 Å². The van der Waals surface area contributed by atoms with Gasteiger partial charge in [-0.3, -0.25) is 9.78 Å². The number of thiazole rings is 1. The van der Waals surface area contributed by atoms with Crippen molar-refractivity contribution in [2.75, 3.05) is 0 Å². The molecule has 0 aliphatic heterocycles. The van der Waals surface area contributed by atoms with Crippen LogP contribution in [0.2, 0.25) is 10.0 Å². The van der Waals surface area contributed by atoms with Gasteiger partial charge < -0.3 is 9.72 Å². The second-order valence-corrected chi connectivity index (χ2v) is 7.55. The molecule has 136 valence electrons. The number of hydrogen-bond donors (Lipinski definition) is 1. The molecule has 0 atom stereocenters. The van der Waals surface area contributed by atoms with Crippen LogP contribution in [-0.4, -0.2) is 15.0 Å². The van der Waals surface area contributed by atoms with E-state index < -0.39 is 0 Å². The summed E-state index contributed by atoms with van der Waals surface area (Å²) in [7, 11) is 0. The highest BCUT2D eigenvalue weighted by molar-refractivity contribution is 7.07. The van der Waals surface area contributed by atoms with Crippen LogP contribution in [-0.2, 0) is 6.61 Å². The van der Waals surface area contributed by atoms with Gasteiger partial charge in [0.1, 0.15) is 17.9 Å². The van der Waals surface area contributed by atoms with Crippen molar-refractivity contribution in [1.82, 2.24) is 15.0 Å². The molecule has 5 nitrogen and oxygen atoms in total. The average molecular weight is 418 g/mol. The fourth-order valence-electron chi connectivity index (χ4n) is 2.83. The molecular formula is C19H13Cl2N3O2S. The van der Waals surface area contributed by atoms with E-state index in [-0.39, 0.29) is 11.5 Å². The first-order chi connectivity index (χ1) is 13.0. The fourth-order valence-corrected chi connectivity index (χ4v) is 3.88. The van der Waals surface area contributed by atoms with Crippen molar-refractivity contribution in [2.24, 2.45) is 0 Å². The molecule has 0 spiro atoms. The molecule has 1 N–H and O–H groups in total. The summed E-state index contributed by atoms with van der Waals surface area (Å²) in [6, 6.07) is 7.63. The van der Waals surface area contributed by atoms with Crippen LogP contribution < -0.4 is 9.61 Å². The fraction of sp³-hybridized carbons (Fsp3) is 0.105. The van der Waals surface area contributed by atoms with Crippen molar-refractivity contribution in [2.45, 2.75) is 13.5 Å². The first-order valence-corrected chi connectivity index (χ1v) is 9.65. The molecule has 4 rings (SSSR count). The molecule has 0 radical (unpaired) electrons. The highest BCUT2D eigenvalue weighted by Crippen LogP contribution is 2.33. The Hall–Kier alpha value is -2.41. The van der Waals surface area contributed by atoms with Gasteiger partial charge in [0.15, 0.2) is 0 Å². The summed E-state index contributed by atoms with van der Waals surface area (Å²) in [6.07, 6.45) is 3.06. The number of H-pyrrole nitrogens is 1. The van der Waals surface area contributed by atoms with E-state index in [0.29, 0.717) is 26.9 Å². The van der Waals surface area contributed by atoms with Crippen molar-refractivity contribution >= 4 is 45.4 Å². The smallest absolute Gasteiger partial charge is 0.304 e. The highest BCUT2D eigenvalue weighted by atomic mass is 35.5. The molecule has 0 saturated carbocycles. The van der Waals surface area contributed by atoms with E-state index in [1.54, 1.807) is 5.38 Å². The van der Waals surface area contributed by atoms with Crippen LogP contribution in [0.4, 0.5) is 0 Å². The topological polar surface area (TPSA) is 67.9 Å². The molecule has 0 amide bonds. The third-order valence-corrected chi connectivity index (χ3v) is 5.39. The number of aromatic nitrogens is 3. The maximum atomic E-state index is 11.6.